The Hall–Kier alpha value is -0.870. The van der Waals surface area contributed by atoms with E-state index in [0.717, 1.165) is 23.9 Å². The lowest BCUT2D eigenvalue weighted by atomic mass is 10.1. The first-order chi connectivity index (χ1) is 9.61. The number of benzene rings is 1. The van der Waals surface area contributed by atoms with Crippen LogP contribution in [0.5, 0.6) is 0 Å². The average Bonchev–Trinajstić information content (AvgIpc) is 3.22. The zero-order chi connectivity index (χ0) is 14.5. The van der Waals surface area contributed by atoms with E-state index in [-0.39, 0.29) is 11.9 Å². The fraction of sp³-hybridized carbons (Fsp3) is 0.562. The SMILES string of the molecule is CCNC(C)CC(=O)N(Cc1ccccc1Br)C1CC1. The van der Waals surface area contributed by atoms with Crippen LogP contribution in [-0.4, -0.2) is 29.4 Å². The van der Waals surface area contributed by atoms with E-state index in [1.807, 2.05) is 23.1 Å². The van der Waals surface area contributed by atoms with Crippen molar-refractivity contribution < 1.29 is 4.79 Å². The van der Waals surface area contributed by atoms with Gasteiger partial charge in [-0.15, -0.1) is 0 Å². The van der Waals surface area contributed by atoms with Gasteiger partial charge in [-0.1, -0.05) is 41.1 Å². The van der Waals surface area contributed by atoms with Crippen molar-refractivity contribution in [3.63, 3.8) is 0 Å². The lowest BCUT2D eigenvalue weighted by Gasteiger charge is -2.25. The minimum atomic E-state index is 0.243. The van der Waals surface area contributed by atoms with Gasteiger partial charge in [-0.3, -0.25) is 4.79 Å². The van der Waals surface area contributed by atoms with Crippen molar-refractivity contribution in [3.8, 4) is 0 Å². The molecule has 1 amide bonds. The second kappa shape index (κ2) is 7.23. The normalized spacial score (nSPS) is 15.9. The summed E-state index contributed by atoms with van der Waals surface area (Å²) in [5.74, 6) is 0.261. The summed E-state index contributed by atoms with van der Waals surface area (Å²) >= 11 is 3.57. The highest BCUT2D eigenvalue weighted by Gasteiger charge is 2.33. The summed E-state index contributed by atoms with van der Waals surface area (Å²) < 4.78 is 1.08. The first-order valence-corrected chi connectivity index (χ1v) is 8.17. The fourth-order valence-corrected chi connectivity index (χ4v) is 2.83. The zero-order valence-corrected chi connectivity index (χ0v) is 13.8. The van der Waals surface area contributed by atoms with E-state index in [4.69, 9.17) is 0 Å². The van der Waals surface area contributed by atoms with Crippen LogP contribution in [0.15, 0.2) is 28.7 Å². The van der Waals surface area contributed by atoms with Crippen LogP contribution in [-0.2, 0) is 11.3 Å². The summed E-state index contributed by atoms with van der Waals surface area (Å²) in [7, 11) is 0. The molecule has 1 aliphatic carbocycles. The summed E-state index contributed by atoms with van der Waals surface area (Å²) in [4.78, 5) is 14.5. The number of rotatable bonds is 7. The van der Waals surface area contributed by atoms with Crippen molar-refractivity contribution in [2.45, 2.75) is 51.7 Å². The Bertz CT molecular complexity index is 460. The molecule has 0 saturated heterocycles. The Morgan fingerprint density at radius 2 is 2.15 bits per heavy atom. The number of hydrogen-bond donors (Lipinski definition) is 1. The number of nitrogens with zero attached hydrogens (tertiary/aromatic N) is 1. The van der Waals surface area contributed by atoms with Gasteiger partial charge >= 0.3 is 0 Å². The highest BCUT2D eigenvalue weighted by Crippen LogP contribution is 2.30. The van der Waals surface area contributed by atoms with E-state index in [1.54, 1.807) is 0 Å². The van der Waals surface area contributed by atoms with Gasteiger partial charge in [0.2, 0.25) is 5.91 Å². The molecule has 1 unspecified atom stereocenters. The van der Waals surface area contributed by atoms with Crippen LogP contribution in [0.3, 0.4) is 0 Å². The third kappa shape index (κ3) is 4.32. The van der Waals surface area contributed by atoms with E-state index in [0.29, 0.717) is 19.0 Å². The summed E-state index contributed by atoms with van der Waals surface area (Å²) in [5.41, 5.74) is 1.18. The number of carbonyl (C=O) groups is 1. The molecule has 0 aromatic heterocycles. The van der Waals surface area contributed by atoms with E-state index >= 15 is 0 Å². The van der Waals surface area contributed by atoms with Crippen LogP contribution < -0.4 is 5.32 Å². The number of hydrogen-bond acceptors (Lipinski definition) is 2. The van der Waals surface area contributed by atoms with Crippen molar-refractivity contribution in [1.82, 2.24) is 10.2 Å². The van der Waals surface area contributed by atoms with Gasteiger partial charge in [-0.2, -0.15) is 0 Å². The molecule has 1 fully saturated rings. The van der Waals surface area contributed by atoms with E-state index in [9.17, 15) is 4.79 Å². The first-order valence-electron chi connectivity index (χ1n) is 7.38. The highest BCUT2D eigenvalue weighted by molar-refractivity contribution is 9.10. The molecular formula is C16H23BrN2O. The van der Waals surface area contributed by atoms with E-state index in [1.165, 1.54) is 5.56 Å². The highest BCUT2D eigenvalue weighted by atomic mass is 79.9. The number of halogens is 1. The Kier molecular flexibility index (Phi) is 5.61. The second-order valence-corrected chi connectivity index (χ2v) is 6.36. The van der Waals surface area contributed by atoms with Gasteiger partial charge in [0.05, 0.1) is 0 Å². The molecule has 1 N–H and O–H groups in total. The topological polar surface area (TPSA) is 32.3 Å². The number of nitrogens with one attached hydrogen (secondary N) is 1. The van der Waals surface area contributed by atoms with Crippen LogP contribution in [0.2, 0.25) is 0 Å². The molecule has 1 aliphatic rings. The number of carbonyl (C=O) groups excluding carboxylic acids is 1. The zero-order valence-electron chi connectivity index (χ0n) is 12.2. The first kappa shape index (κ1) is 15.5. The van der Waals surface area contributed by atoms with Gasteiger partial charge in [-0.25, -0.2) is 0 Å². The molecule has 110 valence electrons. The van der Waals surface area contributed by atoms with Gasteiger partial charge in [-0.05, 0) is 37.9 Å². The van der Waals surface area contributed by atoms with Gasteiger partial charge in [0, 0.05) is 29.5 Å². The Morgan fingerprint density at radius 3 is 2.75 bits per heavy atom. The van der Waals surface area contributed by atoms with E-state index in [2.05, 4.69) is 41.2 Å². The molecule has 1 aromatic carbocycles. The molecule has 20 heavy (non-hydrogen) atoms. The van der Waals surface area contributed by atoms with Gasteiger partial charge in [0.1, 0.15) is 0 Å². The van der Waals surface area contributed by atoms with Gasteiger partial charge in [0.25, 0.3) is 0 Å². The van der Waals surface area contributed by atoms with Gasteiger partial charge in [0.15, 0.2) is 0 Å². The molecule has 1 aromatic rings. The maximum Gasteiger partial charge on any atom is 0.224 e. The van der Waals surface area contributed by atoms with Crippen molar-refractivity contribution in [2.75, 3.05) is 6.54 Å². The molecule has 3 nitrogen and oxygen atoms in total. The lowest BCUT2D eigenvalue weighted by molar-refractivity contribution is -0.132. The Labute approximate surface area is 129 Å². The van der Waals surface area contributed by atoms with Crippen molar-refractivity contribution >= 4 is 21.8 Å². The summed E-state index contributed by atoms with van der Waals surface area (Å²) in [5, 5.41) is 3.31. The molecule has 0 aliphatic heterocycles. The molecule has 1 saturated carbocycles. The van der Waals surface area contributed by atoms with Crippen LogP contribution in [0.25, 0.3) is 0 Å². The quantitative estimate of drug-likeness (QED) is 0.826. The largest absolute Gasteiger partial charge is 0.335 e. The van der Waals surface area contributed by atoms with Crippen molar-refractivity contribution in [1.29, 1.82) is 0 Å². The van der Waals surface area contributed by atoms with Crippen molar-refractivity contribution in [3.05, 3.63) is 34.3 Å². The maximum atomic E-state index is 12.5. The minimum Gasteiger partial charge on any atom is -0.335 e. The smallest absolute Gasteiger partial charge is 0.224 e. The molecule has 0 bridgehead atoms. The standard InChI is InChI=1S/C16H23BrN2O/c1-3-18-12(2)10-16(20)19(14-8-9-14)11-13-6-4-5-7-15(13)17/h4-7,12,14,18H,3,8-11H2,1-2H3. The van der Waals surface area contributed by atoms with Crippen LogP contribution >= 0.6 is 15.9 Å². The minimum absolute atomic E-state index is 0.243. The molecule has 0 radical (unpaired) electrons. The molecular weight excluding hydrogens is 316 g/mol. The molecule has 1 atom stereocenters. The predicted molar refractivity (Wildman–Crippen MR) is 85.5 cm³/mol. The van der Waals surface area contributed by atoms with Gasteiger partial charge < -0.3 is 10.2 Å². The van der Waals surface area contributed by atoms with Crippen LogP contribution in [0, 0.1) is 0 Å². The Morgan fingerprint density at radius 1 is 1.45 bits per heavy atom. The summed E-state index contributed by atoms with van der Waals surface area (Å²) in [6, 6.07) is 8.84. The molecule has 2 rings (SSSR count). The summed E-state index contributed by atoms with van der Waals surface area (Å²) in [6.07, 6.45) is 2.87. The van der Waals surface area contributed by atoms with Crippen LogP contribution in [0.4, 0.5) is 0 Å². The molecule has 4 heteroatoms. The third-order valence-corrected chi connectivity index (χ3v) is 4.41. The third-order valence-electron chi connectivity index (χ3n) is 3.64. The monoisotopic (exact) mass is 338 g/mol. The number of amides is 1. The fourth-order valence-electron chi connectivity index (χ4n) is 2.42. The lowest BCUT2D eigenvalue weighted by Crippen LogP contribution is -2.38. The average molecular weight is 339 g/mol. The predicted octanol–water partition coefficient (Wildman–Crippen LogP) is 3.33. The maximum absolute atomic E-state index is 12.5. The van der Waals surface area contributed by atoms with Crippen LogP contribution in [0.1, 0.15) is 38.7 Å². The molecule has 0 heterocycles. The summed E-state index contributed by atoms with van der Waals surface area (Å²) in [6.45, 7) is 5.76. The molecule has 0 spiro atoms. The van der Waals surface area contributed by atoms with Crippen molar-refractivity contribution in [2.24, 2.45) is 0 Å². The second-order valence-electron chi connectivity index (χ2n) is 5.51. The Balaban J connectivity index is 2.00. The van der Waals surface area contributed by atoms with E-state index < -0.39 is 0 Å².